The molecule has 0 N–H and O–H groups in total. The number of piperidine rings is 1. The lowest BCUT2D eigenvalue weighted by molar-refractivity contribution is -0.0969. The van der Waals surface area contributed by atoms with Crippen molar-refractivity contribution in [2.24, 2.45) is 5.92 Å². The van der Waals surface area contributed by atoms with E-state index < -0.39 is 10.0 Å². The number of rotatable bonds is 4. The van der Waals surface area contributed by atoms with Crippen LogP contribution < -0.4 is 0 Å². The first-order valence-corrected chi connectivity index (χ1v) is 12.1. The zero-order chi connectivity index (χ0) is 21.3. The summed E-state index contributed by atoms with van der Waals surface area (Å²) in [7, 11) is -3.62. The van der Waals surface area contributed by atoms with Gasteiger partial charge >= 0.3 is 0 Å². The third-order valence-corrected chi connectivity index (χ3v) is 7.75. The van der Waals surface area contributed by atoms with Crippen molar-refractivity contribution in [1.82, 2.24) is 9.21 Å². The number of benzene rings is 1. The van der Waals surface area contributed by atoms with Gasteiger partial charge in [0.25, 0.3) is 5.91 Å². The first-order valence-electron chi connectivity index (χ1n) is 10.6. The second kappa shape index (κ2) is 8.92. The van der Waals surface area contributed by atoms with Crippen LogP contribution in [0.2, 0.25) is 0 Å². The van der Waals surface area contributed by atoms with Gasteiger partial charge < -0.3 is 19.1 Å². The Labute approximate surface area is 178 Å². The van der Waals surface area contributed by atoms with E-state index in [1.54, 1.807) is 12.1 Å². The maximum atomic E-state index is 13.0. The summed E-state index contributed by atoms with van der Waals surface area (Å²) in [5, 5.41) is 0. The van der Waals surface area contributed by atoms with Crippen LogP contribution in [0.25, 0.3) is 0 Å². The Kier molecular flexibility index (Phi) is 6.45. The number of nitrogens with zero attached hydrogens (tertiary/aromatic N) is 2. The lowest BCUT2D eigenvalue weighted by Crippen LogP contribution is -2.48. The van der Waals surface area contributed by atoms with Crippen LogP contribution in [0.5, 0.6) is 0 Å². The van der Waals surface area contributed by atoms with E-state index in [4.69, 9.17) is 14.2 Å². The molecule has 3 unspecified atom stereocenters. The summed E-state index contributed by atoms with van der Waals surface area (Å²) in [6, 6.07) is 6.26. The molecular weight excluding hydrogens is 408 g/mol. The van der Waals surface area contributed by atoms with Crippen LogP contribution in [0.3, 0.4) is 0 Å². The van der Waals surface area contributed by atoms with Gasteiger partial charge in [0.1, 0.15) is 0 Å². The molecule has 3 aliphatic rings. The molecule has 0 bridgehead atoms. The standard InChI is InChI=1S/C21H30N2O6S/c1-15-12-23(13-16(2)29-15)30(25,26)19-7-5-17(6-8-19)20(24)22-9-3-4-18(14-22)21-27-10-11-28-21/h5-8,15-16,18,21H,3-4,9-14H2,1-2H3. The molecule has 0 saturated carbocycles. The summed E-state index contributed by atoms with van der Waals surface area (Å²) in [5.74, 6) is 0.0883. The number of morpholine rings is 1. The van der Waals surface area contributed by atoms with Crippen LogP contribution in [0.15, 0.2) is 29.2 Å². The molecule has 3 heterocycles. The van der Waals surface area contributed by atoms with E-state index in [1.165, 1.54) is 16.4 Å². The molecule has 3 aliphatic heterocycles. The monoisotopic (exact) mass is 438 g/mol. The minimum absolute atomic E-state index is 0.0877. The second-order valence-electron chi connectivity index (χ2n) is 8.37. The maximum absolute atomic E-state index is 13.0. The Balaban J connectivity index is 1.44. The summed E-state index contributed by atoms with van der Waals surface area (Å²) in [6.07, 6.45) is 1.35. The third-order valence-electron chi connectivity index (χ3n) is 5.90. The van der Waals surface area contributed by atoms with Gasteiger partial charge in [-0.1, -0.05) is 0 Å². The number of likely N-dealkylation sites (tertiary alicyclic amines) is 1. The fraction of sp³-hybridized carbons (Fsp3) is 0.667. The summed E-state index contributed by atoms with van der Waals surface area (Å²) < 4.78 is 44.3. The van der Waals surface area contributed by atoms with E-state index in [-0.39, 0.29) is 35.2 Å². The summed E-state index contributed by atoms with van der Waals surface area (Å²) in [4.78, 5) is 15.0. The highest BCUT2D eigenvalue weighted by Crippen LogP contribution is 2.27. The van der Waals surface area contributed by atoms with Gasteiger partial charge in [-0.3, -0.25) is 4.79 Å². The third kappa shape index (κ3) is 4.55. The molecule has 3 fully saturated rings. The van der Waals surface area contributed by atoms with Crippen LogP contribution in [0.4, 0.5) is 0 Å². The van der Waals surface area contributed by atoms with E-state index in [0.29, 0.717) is 45.0 Å². The first kappa shape index (κ1) is 21.7. The number of amides is 1. The van der Waals surface area contributed by atoms with E-state index in [9.17, 15) is 13.2 Å². The molecule has 0 aliphatic carbocycles. The quantitative estimate of drug-likeness (QED) is 0.712. The van der Waals surface area contributed by atoms with Crippen molar-refractivity contribution in [1.29, 1.82) is 0 Å². The van der Waals surface area contributed by atoms with Crippen molar-refractivity contribution in [2.75, 3.05) is 39.4 Å². The Bertz CT molecular complexity index is 843. The molecule has 0 spiro atoms. The van der Waals surface area contributed by atoms with Gasteiger partial charge in [0, 0.05) is 37.7 Å². The average molecular weight is 439 g/mol. The van der Waals surface area contributed by atoms with Gasteiger partial charge in [0.15, 0.2) is 6.29 Å². The molecule has 30 heavy (non-hydrogen) atoms. The number of carbonyl (C=O) groups is 1. The highest BCUT2D eigenvalue weighted by atomic mass is 32.2. The van der Waals surface area contributed by atoms with Crippen molar-refractivity contribution >= 4 is 15.9 Å². The van der Waals surface area contributed by atoms with E-state index in [2.05, 4.69) is 0 Å². The largest absolute Gasteiger partial charge is 0.373 e. The predicted octanol–water partition coefficient (Wildman–Crippen LogP) is 1.71. The van der Waals surface area contributed by atoms with Gasteiger partial charge in [-0.2, -0.15) is 4.31 Å². The van der Waals surface area contributed by atoms with Gasteiger partial charge in [-0.15, -0.1) is 0 Å². The Hall–Kier alpha value is -1.52. The molecule has 0 aromatic heterocycles. The van der Waals surface area contributed by atoms with Crippen molar-refractivity contribution in [3.8, 4) is 0 Å². The number of hydrogen-bond donors (Lipinski definition) is 0. The van der Waals surface area contributed by atoms with Crippen LogP contribution in [-0.4, -0.2) is 81.4 Å². The number of sulfonamides is 1. The number of carbonyl (C=O) groups excluding carboxylic acids is 1. The maximum Gasteiger partial charge on any atom is 0.253 e. The van der Waals surface area contributed by atoms with Gasteiger partial charge in [0.05, 0.1) is 30.3 Å². The lowest BCUT2D eigenvalue weighted by atomic mass is 9.96. The van der Waals surface area contributed by atoms with Crippen molar-refractivity contribution < 1.29 is 27.4 Å². The Morgan fingerprint density at radius 2 is 1.63 bits per heavy atom. The number of ether oxygens (including phenoxy) is 3. The van der Waals surface area contributed by atoms with E-state index >= 15 is 0 Å². The van der Waals surface area contributed by atoms with Crippen LogP contribution in [-0.2, 0) is 24.2 Å². The molecule has 4 rings (SSSR count). The minimum atomic E-state index is -3.62. The summed E-state index contributed by atoms with van der Waals surface area (Å²) in [6.45, 7) is 6.87. The molecule has 1 aromatic rings. The van der Waals surface area contributed by atoms with Crippen LogP contribution in [0, 0.1) is 5.92 Å². The molecule has 1 amide bonds. The zero-order valence-corrected chi connectivity index (χ0v) is 18.3. The first-order chi connectivity index (χ1) is 14.3. The predicted molar refractivity (Wildman–Crippen MR) is 110 cm³/mol. The Morgan fingerprint density at radius 3 is 2.27 bits per heavy atom. The van der Waals surface area contributed by atoms with Crippen molar-refractivity contribution in [3.05, 3.63) is 29.8 Å². The molecule has 3 atom stereocenters. The lowest BCUT2D eigenvalue weighted by Gasteiger charge is -2.35. The second-order valence-corrected chi connectivity index (χ2v) is 10.3. The van der Waals surface area contributed by atoms with E-state index in [0.717, 1.165) is 12.8 Å². The zero-order valence-electron chi connectivity index (χ0n) is 17.5. The summed E-state index contributed by atoms with van der Waals surface area (Å²) in [5.41, 5.74) is 0.492. The molecule has 0 radical (unpaired) electrons. The molecule has 1 aromatic carbocycles. The molecular formula is C21H30N2O6S. The average Bonchev–Trinajstić information content (AvgIpc) is 3.28. The van der Waals surface area contributed by atoms with Crippen LogP contribution in [0.1, 0.15) is 37.0 Å². The van der Waals surface area contributed by atoms with Gasteiger partial charge in [-0.05, 0) is 51.0 Å². The topological polar surface area (TPSA) is 85.4 Å². The fourth-order valence-electron chi connectivity index (χ4n) is 4.49. The van der Waals surface area contributed by atoms with Crippen LogP contribution >= 0.6 is 0 Å². The highest BCUT2D eigenvalue weighted by molar-refractivity contribution is 7.89. The highest BCUT2D eigenvalue weighted by Gasteiger charge is 2.34. The normalized spacial score (nSPS) is 29.3. The smallest absolute Gasteiger partial charge is 0.253 e. The van der Waals surface area contributed by atoms with Crippen molar-refractivity contribution in [3.63, 3.8) is 0 Å². The van der Waals surface area contributed by atoms with Crippen molar-refractivity contribution in [2.45, 2.75) is 50.1 Å². The molecule has 3 saturated heterocycles. The Morgan fingerprint density at radius 1 is 1.00 bits per heavy atom. The number of hydrogen-bond acceptors (Lipinski definition) is 6. The summed E-state index contributed by atoms with van der Waals surface area (Å²) >= 11 is 0. The molecule has 8 nitrogen and oxygen atoms in total. The SMILES string of the molecule is CC1CN(S(=O)(=O)c2ccc(C(=O)N3CCCC(C4OCCO4)C3)cc2)CC(C)O1. The minimum Gasteiger partial charge on any atom is -0.373 e. The van der Waals surface area contributed by atoms with Gasteiger partial charge in [-0.25, -0.2) is 8.42 Å². The van der Waals surface area contributed by atoms with Gasteiger partial charge in [0.2, 0.25) is 10.0 Å². The van der Waals surface area contributed by atoms with E-state index in [1.807, 2.05) is 18.7 Å². The molecule has 9 heteroatoms. The fourth-order valence-corrected chi connectivity index (χ4v) is 6.08. The molecule has 166 valence electrons.